The molecule has 0 amide bonds. The smallest absolute Gasteiger partial charge is 0.259 e. The molecule has 0 radical (unpaired) electrons. The standard InChI is InChI=1S/C16H20N4O2/c1-12-9-18(6-7-19(12)13-10-22-11-13)15-8-16(21)20-5-3-2-4-14(20)17-15/h2-5,8,12-13H,6-7,9-11H2,1H3/t12-/m1/s1. The predicted octanol–water partition coefficient (Wildman–Crippen LogP) is 0.604. The van der Waals surface area contributed by atoms with E-state index in [2.05, 4.69) is 21.7 Å². The highest BCUT2D eigenvalue weighted by Gasteiger charge is 2.33. The van der Waals surface area contributed by atoms with Gasteiger partial charge in [-0.2, -0.15) is 0 Å². The second-order valence-corrected chi connectivity index (χ2v) is 6.11. The van der Waals surface area contributed by atoms with E-state index >= 15 is 0 Å². The van der Waals surface area contributed by atoms with Gasteiger partial charge in [0.1, 0.15) is 11.5 Å². The molecule has 0 spiro atoms. The Morgan fingerprint density at radius 3 is 2.86 bits per heavy atom. The zero-order chi connectivity index (χ0) is 15.1. The molecule has 2 saturated heterocycles. The number of rotatable bonds is 2. The number of anilines is 1. The maximum Gasteiger partial charge on any atom is 0.259 e. The summed E-state index contributed by atoms with van der Waals surface area (Å²) >= 11 is 0. The number of aromatic nitrogens is 2. The van der Waals surface area contributed by atoms with Crippen LogP contribution in [0.3, 0.4) is 0 Å². The molecule has 6 nitrogen and oxygen atoms in total. The minimum atomic E-state index is -0.0249. The van der Waals surface area contributed by atoms with Gasteiger partial charge in [-0.1, -0.05) is 6.07 Å². The highest BCUT2D eigenvalue weighted by Crippen LogP contribution is 2.21. The minimum Gasteiger partial charge on any atom is -0.378 e. The molecular formula is C16H20N4O2. The average Bonchev–Trinajstić information content (AvgIpc) is 2.47. The number of fused-ring (bicyclic) bond motifs is 1. The first-order valence-electron chi connectivity index (χ1n) is 7.79. The van der Waals surface area contributed by atoms with Crippen molar-refractivity contribution in [3.8, 4) is 0 Å². The average molecular weight is 300 g/mol. The fraction of sp³-hybridized carbons (Fsp3) is 0.500. The summed E-state index contributed by atoms with van der Waals surface area (Å²) in [7, 11) is 0. The van der Waals surface area contributed by atoms with Crippen LogP contribution in [0, 0.1) is 0 Å². The fourth-order valence-electron chi connectivity index (χ4n) is 3.34. The summed E-state index contributed by atoms with van der Waals surface area (Å²) in [4.78, 5) is 21.6. The van der Waals surface area contributed by atoms with Crippen molar-refractivity contribution in [2.24, 2.45) is 0 Å². The second kappa shape index (κ2) is 5.37. The van der Waals surface area contributed by atoms with E-state index in [1.54, 1.807) is 16.7 Å². The van der Waals surface area contributed by atoms with Gasteiger partial charge in [0.25, 0.3) is 5.56 Å². The molecule has 2 aliphatic rings. The SMILES string of the molecule is C[C@@H]1CN(c2cc(=O)n3ccccc3n2)CCN1C1COC1. The summed E-state index contributed by atoms with van der Waals surface area (Å²) in [5.74, 6) is 0.785. The van der Waals surface area contributed by atoms with E-state index in [1.165, 1.54) is 0 Å². The molecule has 0 saturated carbocycles. The van der Waals surface area contributed by atoms with Crippen LogP contribution in [0.25, 0.3) is 5.65 Å². The summed E-state index contributed by atoms with van der Waals surface area (Å²) in [5, 5.41) is 0. The molecule has 0 aromatic carbocycles. The molecule has 1 atom stereocenters. The lowest BCUT2D eigenvalue weighted by Crippen LogP contribution is -2.60. The Morgan fingerprint density at radius 2 is 2.14 bits per heavy atom. The van der Waals surface area contributed by atoms with Crippen LogP contribution in [0.1, 0.15) is 6.92 Å². The summed E-state index contributed by atoms with van der Waals surface area (Å²) in [6, 6.07) is 8.27. The number of ether oxygens (including phenoxy) is 1. The normalized spacial score (nSPS) is 23.7. The van der Waals surface area contributed by atoms with Crippen LogP contribution < -0.4 is 10.5 Å². The van der Waals surface area contributed by atoms with Crippen molar-refractivity contribution in [1.29, 1.82) is 0 Å². The minimum absolute atomic E-state index is 0.0249. The molecule has 0 unspecified atom stereocenters. The third kappa shape index (κ3) is 2.28. The Labute approximate surface area is 128 Å². The zero-order valence-corrected chi connectivity index (χ0v) is 12.7. The monoisotopic (exact) mass is 300 g/mol. The highest BCUT2D eigenvalue weighted by molar-refractivity contribution is 5.48. The van der Waals surface area contributed by atoms with Crippen LogP contribution in [-0.4, -0.2) is 59.2 Å². The van der Waals surface area contributed by atoms with Gasteiger partial charge >= 0.3 is 0 Å². The molecule has 2 aromatic rings. The van der Waals surface area contributed by atoms with Crippen LogP contribution >= 0.6 is 0 Å². The van der Waals surface area contributed by atoms with Gasteiger partial charge < -0.3 is 9.64 Å². The Balaban J connectivity index is 1.59. The second-order valence-electron chi connectivity index (χ2n) is 6.11. The lowest BCUT2D eigenvalue weighted by molar-refractivity contribution is -0.0793. The lowest BCUT2D eigenvalue weighted by Gasteiger charge is -2.46. The maximum atomic E-state index is 12.2. The largest absolute Gasteiger partial charge is 0.378 e. The van der Waals surface area contributed by atoms with E-state index < -0.39 is 0 Å². The molecule has 22 heavy (non-hydrogen) atoms. The predicted molar refractivity (Wildman–Crippen MR) is 84.5 cm³/mol. The number of hydrogen-bond donors (Lipinski definition) is 0. The molecule has 4 heterocycles. The van der Waals surface area contributed by atoms with E-state index in [4.69, 9.17) is 4.74 Å². The van der Waals surface area contributed by atoms with Gasteiger partial charge in [-0.05, 0) is 19.1 Å². The summed E-state index contributed by atoms with van der Waals surface area (Å²) in [6.45, 7) is 6.71. The van der Waals surface area contributed by atoms with Crippen LogP contribution in [0.4, 0.5) is 5.82 Å². The van der Waals surface area contributed by atoms with E-state index in [-0.39, 0.29) is 5.56 Å². The Kier molecular flexibility index (Phi) is 3.35. The number of nitrogens with zero attached hydrogens (tertiary/aromatic N) is 4. The summed E-state index contributed by atoms with van der Waals surface area (Å²) in [5.41, 5.74) is 0.676. The number of hydrogen-bond acceptors (Lipinski definition) is 5. The molecule has 6 heteroatoms. The summed E-state index contributed by atoms with van der Waals surface area (Å²) < 4.78 is 6.88. The maximum absolute atomic E-state index is 12.2. The molecule has 0 bridgehead atoms. The summed E-state index contributed by atoms with van der Waals surface area (Å²) in [6.07, 6.45) is 1.76. The van der Waals surface area contributed by atoms with Crippen molar-refractivity contribution in [3.63, 3.8) is 0 Å². The van der Waals surface area contributed by atoms with Crippen molar-refractivity contribution in [2.75, 3.05) is 37.7 Å². The highest BCUT2D eigenvalue weighted by atomic mass is 16.5. The van der Waals surface area contributed by atoms with Crippen LogP contribution in [0.15, 0.2) is 35.3 Å². The molecular weight excluding hydrogens is 280 g/mol. The van der Waals surface area contributed by atoms with Gasteiger partial charge in [0.05, 0.1) is 19.3 Å². The van der Waals surface area contributed by atoms with Gasteiger partial charge in [-0.3, -0.25) is 14.1 Å². The van der Waals surface area contributed by atoms with E-state index in [9.17, 15) is 4.79 Å². The van der Waals surface area contributed by atoms with E-state index in [1.807, 2.05) is 18.2 Å². The van der Waals surface area contributed by atoms with Gasteiger partial charge in [0.2, 0.25) is 0 Å². The van der Waals surface area contributed by atoms with Crippen LogP contribution in [-0.2, 0) is 4.74 Å². The molecule has 2 aliphatic heterocycles. The first-order chi connectivity index (χ1) is 10.7. The van der Waals surface area contributed by atoms with E-state index in [0.717, 1.165) is 38.7 Å². The van der Waals surface area contributed by atoms with Crippen molar-refractivity contribution >= 4 is 11.5 Å². The first-order valence-corrected chi connectivity index (χ1v) is 7.79. The quantitative estimate of drug-likeness (QED) is 0.813. The number of piperazine rings is 1. The van der Waals surface area contributed by atoms with Crippen LogP contribution in [0.2, 0.25) is 0 Å². The number of pyridine rings is 1. The molecule has 116 valence electrons. The van der Waals surface area contributed by atoms with Crippen molar-refractivity contribution in [1.82, 2.24) is 14.3 Å². The van der Waals surface area contributed by atoms with Crippen molar-refractivity contribution in [3.05, 3.63) is 40.8 Å². The topological polar surface area (TPSA) is 50.1 Å². The molecule has 0 N–H and O–H groups in total. The van der Waals surface area contributed by atoms with E-state index in [0.29, 0.717) is 17.7 Å². The van der Waals surface area contributed by atoms with Gasteiger partial charge in [0.15, 0.2) is 0 Å². The Bertz CT molecular complexity index is 740. The van der Waals surface area contributed by atoms with Crippen LogP contribution in [0.5, 0.6) is 0 Å². The van der Waals surface area contributed by atoms with Gasteiger partial charge in [-0.25, -0.2) is 4.98 Å². The van der Waals surface area contributed by atoms with Crippen molar-refractivity contribution in [2.45, 2.75) is 19.0 Å². The van der Waals surface area contributed by atoms with Crippen molar-refractivity contribution < 1.29 is 4.74 Å². The molecule has 2 fully saturated rings. The third-order valence-corrected chi connectivity index (χ3v) is 4.65. The Hall–Kier alpha value is -1.92. The van der Waals surface area contributed by atoms with Gasteiger partial charge in [-0.15, -0.1) is 0 Å². The fourth-order valence-corrected chi connectivity index (χ4v) is 3.34. The third-order valence-electron chi connectivity index (χ3n) is 4.65. The molecule has 4 rings (SSSR count). The first kappa shape index (κ1) is 13.7. The molecule has 2 aromatic heterocycles. The Morgan fingerprint density at radius 1 is 1.27 bits per heavy atom. The molecule has 0 aliphatic carbocycles. The zero-order valence-electron chi connectivity index (χ0n) is 12.7. The lowest BCUT2D eigenvalue weighted by atomic mass is 10.1. The van der Waals surface area contributed by atoms with Gasteiger partial charge in [0, 0.05) is 37.9 Å².